The van der Waals surface area contributed by atoms with Crippen molar-refractivity contribution in [2.45, 2.75) is 44.2 Å². The number of hydrogen-bond donors (Lipinski definition) is 2. The molecule has 2 N–H and O–H groups in total. The molecule has 1 fully saturated rings. The van der Waals surface area contributed by atoms with E-state index in [2.05, 4.69) is 10.3 Å². The number of rotatable bonds is 9. The van der Waals surface area contributed by atoms with Crippen molar-refractivity contribution in [3.63, 3.8) is 0 Å². The Morgan fingerprint density at radius 2 is 1.91 bits per heavy atom. The number of alkyl halides is 3. The molecule has 1 saturated carbocycles. The second-order valence-electron chi connectivity index (χ2n) is 9.05. The Kier molecular flexibility index (Phi) is 7.03. The molecule has 34 heavy (non-hydrogen) atoms. The highest BCUT2D eigenvalue weighted by Crippen LogP contribution is 2.45. The minimum absolute atomic E-state index is 0.00914. The first-order valence-electron chi connectivity index (χ1n) is 11.3. The summed E-state index contributed by atoms with van der Waals surface area (Å²) in [7, 11) is 0. The van der Waals surface area contributed by atoms with E-state index in [1.54, 1.807) is 42.6 Å². The number of hydrogen-bond acceptors (Lipinski definition) is 3. The average molecular weight is 491 g/mol. The fraction of sp³-hybridized carbons (Fsp3) is 0.385. The SMILES string of the molecule is C[C@H]([C@H](CNc1cc([C@@H](CC(=O)O)C2CC2)ccc1Cl)c1ccc2cccnc2c1)C(F)(F)F. The van der Waals surface area contributed by atoms with E-state index in [4.69, 9.17) is 11.6 Å². The van der Waals surface area contributed by atoms with Crippen molar-refractivity contribution in [2.75, 3.05) is 11.9 Å². The molecular formula is C26H26ClF3N2O2. The number of anilines is 1. The van der Waals surface area contributed by atoms with Gasteiger partial charge in [-0.15, -0.1) is 0 Å². The van der Waals surface area contributed by atoms with Crippen LogP contribution in [0.1, 0.15) is 49.1 Å². The van der Waals surface area contributed by atoms with E-state index in [1.807, 2.05) is 12.1 Å². The van der Waals surface area contributed by atoms with Crippen LogP contribution in [-0.4, -0.2) is 28.8 Å². The van der Waals surface area contributed by atoms with Gasteiger partial charge < -0.3 is 10.4 Å². The maximum atomic E-state index is 13.8. The third-order valence-electron chi connectivity index (χ3n) is 6.69. The van der Waals surface area contributed by atoms with Crippen LogP contribution < -0.4 is 5.32 Å². The molecule has 3 atom stereocenters. The van der Waals surface area contributed by atoms with Crippen molar-refractivity contribution >= 4 is 34.2 Å². The molecule has 0 bridgehead atoms. The Hall–Kier alpha value is -2.80. The summed E-state index contributed by atoms with van der Waals surface area (Å²) in [5.41, 5.74) is 2.53. The first-order chi connectivity index (χ1) is 16.1. The molecule has 0 amide bonds. The summed E-state index contributed by atoms with van der Waals surface area (Å²) in [6.45, 7) is 1.19. The summed E-state index contributed by atoms with van der Waals surface area (Å²) in [5, 5.41) is 13.7. The summed E-state index contributed by atoms with van der Waals surface area (Å²) in [4.78, 5) is 15.6. The summed E-state index contributed by atoms with van der Waals surface area (Å²) in [6.07, 6.45) is -0.792. The van der Waals surface area contributed by atoms with Crippen LogP contribution in [0.15, 0.2) is 54.7 Å². The van der Waals surface area contributed by atoms with E-state index in [0.29, 0.717) is 27.7 Å². The van der Waals surface area contributed by atoms with Crippen molar-refractivity contribution < 1.29 is 23.1 Å². The maximum absolute atomic E-state index is 13.8. The van der Waals surface area contributed by atoms with E-state index in [0.717, 1.165) is 23.8 Å². The molecule has 0 saturated heterocycles. The number of aliphatic carboxylic acids is 1. The molecule has 8 heteroatoms. The zero-order valence-corrected chi connectivity index (χ0v) is 19.4. The van der Waals surface area contributed by atoms with Gasteiger partial charge in [-0.2, -0.15) is 13.2 Å². The third-order valence-corrected chi connectivity index (χ3v) is 7.02. The highest BCUT2D eigenvalue weighted by Gasteiger charge is 2.42. The van der Waals surface area contributed by atoms with Gasteiger partial charge in [0.2, 0.25) is 0 Å². The number of benzene rings is 2. The topological polar surface area (TPSA) is 62.2 Å². The molecule has 1 aliphatic rings. The Bertz CT molecular complexity index is 1180. The number of carboxylic acids is 1. The largest absolute Gasteiger partial charge is 0.481 e. The Labute approximate surface area is 201 Å². The minimum Gasteiger partial charge on any atom is -0.481 e. The Morgan fingerprint density at radius 3 is 2.59 bits per heavy atom. The van der Waals surface area contributed by atoms with Crippen LogP contribution in [0.2, 0.25) is 5.02 Å². The Morgan fingerprint density at radius 1 is 1.18 bits per heavy atom. The summed E-state index contributed by atoms with van der Waals surface area (Å²) in [5.74, 6) is -3.16. The number of carboxylic acid groups (broad SMARTS) is 1. The third kappa shape index (κ3) is 5.63. The smallest absolute Gasteiger partial charge is 0.392 e. The van der Waals surface area contributed by atoms with Gasteiger partial charge in [0.25, 0.3) is 0 Å². The lowest BCUT2D eigenvalue weighted by molar-refractivity contribution is -0.174. The van der Waals surface area contributed by atoms with Gasteiger partial charge in [-0.1, -0.05) is 42.8 Å². The summed E-state index contributed by atoms with van der Waals surface area (Å²) in [6, 6.07) is 14.1. The predicted octanol–water partition coefficient (Wildman–Crippen LogP) is 7.25. The van der Waals surface area contributed by atoms with Gasteiger partial charge in [0.05, 0.1) is 28.6 Å². The van der Waals surface area contributed by atoms with E-state index in [1.165, 1.54) is 6.92 Å². The number of nitrogens with one attached hydrogen (secondary N) is 1. The second kappa shape index (κ2) is 9.82. The van der Waals surface area contributed by atoms with Crippen LogP contribution in [0.25, 0.3) is 10.9 Å². The van der Waals surface area contributed by atoms with Crippen molar-refractivity contribution in [2.24, 2.45) is 11.8 Å². The molecule has 1 aromatic heterocycles. The van der Waals surface area contributed by atoms with E-state index in [9.17, 15) is 23.1 Å². The van der Waals surface area contributed by atoms with Crippen LogP contribution >= 0.6 is 11.6 Å². The van der Waals surface area contributed by atoms with Crippen molar-refractivity contribution in [1.29, 1.82) is 0 Å². The van der Waals surface area contributed by atoms with Crippen LogP contribution in [-0.2, 0) is 4.79 Å². The maximum Gasteiger partial charge on any atom is 0.392 e. The number of aromatic nitrogens is 1. The van der Waals surface area contributed by atoms with Crippen LogP contribution in [0.3, 0.4) is 0 Å². The number of halogens is 4. The first-order valence-corrected chi connectivity index (χ1v) is 11.7. The zero-order valence-electron chi connectivity index (χ0n) is 18.6. The summed E-state index contributed by atoms with van der Waals surface area (Å²) < 4.78 is 41.3. The molecule has 1 aliphatic carbocycles. The van der Waals surface area contributed by atoms with Gasteiger partial charge >= 0.3 is 12.1 Å². The molecule has 4 nitrogen and oxygen atoms in total. The average Bonchev–Trinajstić information content (AvgIpc) is 3.63. The van der Waals surface area contributed by atoms with Gasteiger partial charge in [-0.3, -0.25) is 9.78 Å². The molecule has 4 rings (SSSR count). The van der Waals surface area contributed by atoms with Gasteiger partial charge in [-0.05, 0) is 60.1 Å². The van der Waals surface area contributed by atoms with Crippen LogP contribution in [0, 0.1) is 11.8 Å². The minimum atomic E-state index is -4.38. The fourth-order valence-electron chi connectivity index (χ4n) is 4.50. The van der Waals surface area contributed by atoms with Gasteiger partial charge in [0.1, 0.15) is 0 Å². The normalized spacial score (nSPS) is 16.7. The molecule has 1 heterocycles. The van der Waals surface area contributed by atoms with E-state index >= 15 is 0 Å². The lowest BCUT2D eigenvalue weighted by atomic mass is 9.86. The monoisotopic (exact) mass is 490 g/mol. The molecule has 3 aromatic rings. The zero-order chi connectivity index (χ0) is 24.5. The molecule has 0 radical (unpaired) electrons. The van der Waals surface area contributed by atoms with E-state index in [-0.39, 0.29) is 18.9 Å². The highest BCUT2D eigenvalue weighted by molar-refractivity contribution is 6.33. The van der Waals surface area contributed by atoms with Gasteiger partial charge in [-0.25, -0.2) is 0 Å². The van der Waals surface area contributed by atoms with Crippen LogP contribution in [0.4, 0.5) is 18.9 Å². The number of pyridine rings is 1. The number of nitrogens with zero attached hydrogens (tertiary/aromatic N) is 1. The van der Waals surface area contributed by atoms with Crippen molar-refractivity contribution in [3.05, 3.63) is 70.9 Å². The van der Waals surface area contributed by atoms with Gasteiger partial charge in [0, 0.05) is 24.0 Å². The highest BCUT2D eigenvalue weighted by atomic mass is 35.5. The lowest BCUT2D eigenvalue weighted by Crippen LogP contribution is -2.30. The molecule has 180 valence electrons. The molecule has 2 aromatic carbocycles. The Balaban J connectivity index is 1.61. The summed E-state index contributed by atoms with van der Waals surface area (Å²) >= 11 is 6.37. The molecule has 0 aliphatic heterocycles. The van der Waals surface area contributed by atoms with Crippen molar-refractivity contribution in [1.82, 2.24) is 4.98 Å². The second-order valence-corrected chi connectivity index (χ2v) is 9.46. The quantitative estimate of drug-likeness (QED) is 0.331. The number of fused-ring (bicyclic) bond motifs is 1. The lowest BCUT2D eigenvalue weighted by Gasteiger charge is -2.28. The van der Waals surface area contributed by atoms with Crippen LogP contribution in [0.5, 0.6) is 0 Å². The molecule has 0 spiro atoms. The molecule has 0 unspecified atom stereocenters. The predicted molar refractivity (Wildman–Crippen MR) is 127 cm³/mol. The van der Waals surface area contributed by atoms with E-state index < -0.39 is 24.0 Å². The van der Waals surface area contributed by atoms with Crippen molar-refractivity contribution in [3.8, 4) is 0 Å². The fourth-order valence-corrected chi connectivity index (χ4v) is 4.68. The number of carbonyl (C=O) groups is 1. The van der Waals surface area contributed by atoms with Gasteiger partial charge in [0.15, 0.2) is 0 Å². The first kappa shape index (κ1) is 24.3. The standard InChI is InChI=1S/C26H26ClF3N2O2/c1-15(26(28,29)30)21(19-7-6-17-3-2-10-31-23(17)11-19)14-32-24-12-18(8-9-22(24)27)20(13-25(33)34)16-4-5-16/h2-3,6-12,15-16,20-21,32H,4-5,13-14H2,1H3,(H,33,34)/t15-,20+,21+/m1/s1. The molecular weight excluding hydrogens is 465 g/mol.